The molecule has 2 nitrogen and oxygen atoms in total. The third-order valence-electron chi connectivity index (χ3n) is 1.44. The van der Waals surface area contributed by atoms with E-state index >= 15 is 0 Å². The van der Waals surface area contributed by atoms with Crippen molar-refractivity contribution in [3.05, 3.63) is 35.1 Å². The lowest BCUT2D eigenvalue weighted by Crippen LogP contribution is -1.92. The van der Waals surface area contributed by atoms with Crippen molar-refractivity contribution in [2.75, 3.05) is 0 Å². The Kier molecular flexibility index (Phi) is 2.93. The fourth-order valence-corrected chi connectivity index (χ4v) is 0.873. The molecule has 1 aromatic carbocycles. The van der Waals surface area contributed by atoms with Crippen LogP contribution in [-0.2, 0) is 4.79 Å². The summed E-state index contributed by atoms with van der Waals surface area (Å²) < 4.78 is 12.9. The third-order valence-corrected chi connectivity index (χ3v) is 1.44. The van der Waals surface area contributed by atoms with Gasteiger partial charge in [0.05, 0.1) is 5.56 Å². The van der Waals surface area contributed by atoms with Crippen molar-refractivity contribution in [1.29, 1.82) is 0 Å². The van der Waals surface area contributed by atoms with Crippen LogP contribution in [0.4, 0.5) is 4.39 Å². The van der Waals surface area contributed by atoms with Crippen LogP contribution in [-0.4, -0.2) is 12.6 Å². The molecule has 0 aliphatic rings. The minimum atomic E-state index is -0.632. The predicted molar refractivity (Wildman–Crippen MR) is 44.7 cm³/mol. The van der Waals surface area contributed by atoms with Crippen molar-refractivity contribution in [3.8, 4) is 11.8 Å². The normalized spacial score (nSPS) is 8.38. The smallest absolute Gasteiger partial charge is 0.193 e. The van der Waals surface area contributed by atoms with Gasteiger partial charge in [-0.3, -0.25) is 9.59 Å². The summed E-state index contributed by atoms with van der Waals surface area (Å²) in [5.41, 5.74) is 0.110. The number of aldehydes is 2. The SMILES string of the molecule is O=CC#Cc1cccc(F)c1C=O. The molecule has 0 heterocycles. The molecule has 0 saturated heterocycles. The van der Waals surface area contributed by atoms with E-state index in [4.69, 9.17) is 0 Å². The lowest BCUT2D eigenvalue weighted by molar-refractivity contribution is -0.103. The Morgan fingerprint density at radius 3 is 2.69 bits per heavy atom. The minimum Gasteiger partial charge on any atom is -0.298 e. The minimum absolute atomic E-state index is 0.114. The first-order chi connectivity index (χ1) is 6.29. The Labute approximate surface area is 74.4 Å². The van der Waals surface area contributed by atoms with Crippen molar-refractivity contribution >= 4 is 12.6 Å². The number of hydrogen-bond acceptors (Lipinski definition) is 2. The zero-order valence-electron chi connectivity index (χ0n) is 6.58. The molecule has 0 spiro atoms. The number of carbonyl (C=O) groups is 2. The van der Waals surface area contributed by atoms with Crippen molar-refractivity contribution in [1.82, 2.24) is 0 Å². The van der Waals surface area contributed by atoms with Gasteiger partial charge in [0.25, 0.3) is 0 Å². The van der Waals surface area contributed by atoms with Crippen LogP contribution < -0.4 is 0 Å². The van der Waals surface area contributed by atoms with Gasteiger partial charge in [0, 0.05) is 5.56 Å². The highest BCUT2D eigenvalue weighted by atomic mass is 19.1. The Bertz CT molecular complexity index is 399. The average Bonchev–Trinajstić information content (AvgIpc) is 2.15. The highest BCUT2D eigenvalue weighted by molar-refractivity contribution is 5.82. The topological polar surface area (TPSA) is 34.1 Å². The lowest BCUT2D eigenvalue weighted by atomic mass is 10.1. The van der Waals surface area contributed by atoms with E-state index in [9.17, 15) is 14.0 Å². The van der Waals surface area contributed by atoms with Crippen molar-refractivity contribution in [2.24, 2.45) is 0 Å². The Morgan fingerprint density at radius 2 is 2.08 bits per heavy atom. The third kappa shape index (κ3) is 2.00. The summed E-state index contributed by atoms with van der Waals surface area (Å²) in [6.07, 6.45) is 0.767. The standard InChI is InChI=1S/C10H5FO2/c11-10-5-1-3-8(4-2-6-12)9(10)7-13/h1,3,5-7H. The maximum atomic E-state index is 12.9. The second-order valence-electron chi connectivity index (χ2n) is 2.21. The Balaban J connectivity index is 3.27. The first-order valence-corrected chi connectivity index (χ1v) is 3.48. The highest BCUT2D eigenvalue weighted by Gasteiger charge is 2.03. The number of halogens is 1. The molecule has 0 aliphatic heterocycles. The summed E-state index contributed by atoms with van der Waals surface area (Å²) in [5, 5.41) is 0. The van der Waals surface area contributed by atoms with Crippen LogP contribution in [0.3, 0.4) is 0 Å². The molecular formula is C10H5FO2. The van der Waals surface area contributed by atoms with Crippen molar-refractivity contribution < 1.29 is 14.0 Å². The second kappa shape index (κ2) is 4.17. The van der Waals surface area contributed by atoms with E-state index in [-0.39, 0.29) is 11.1 Å². The number of hydrogen-bond donors (Lipinski definition) is 0. The quantitative estimate of drug-likeness (QED) is 0.475. The molecule has 1 rings (SSSR count). The molecule has 1 aromatic rings. The molecule has 64 valence electrons. The Hall–Kier alpha value is -1.95. The van der Waals surface area contributed by atoms with Gasteiger partial charge in [-0.15, -0.1) is 0 Å². The lowest BCUT2D eigenvalue weighted by Gasteiger charge is -1.96. The van der Waals surface area contributed by atoms with Gasteiger partial charge in [0.15, 0.2) is 12.6 Å². The summed E-state index contributed by atoms with van der Waals surface area (Å²) in [4.78, 5) is 20.3. The fourth-order valence-electron chi connectivity index (χ4n) is 0.873. The average molecular weight is 176 g/mol. The van der Waals surface area contributed by atoms with Gasteiger partial charge in [-0.25, -0.2) is 4.39 Å². The van der Waals surface area contributed by atoms with E-state index in [0.29, 0.717) is 12.6 Å². The fraction of sp³-hybridized carbons (Fsp3) is 0. The summed E-state index contributed by atoms with van der Waals surface area (Å²) in [6.45, 7) is 0. The molecular weight excluding hydrogens is 171 g/mol. The first kappa shape index (κ1) is 9.14. The molecule has 0 atom stereocenters. The van der Waals surface area contributed by atoms with Crippen LogP contribution in [0.15, 0.2) is 18.2 Å². The van der Waals surface area contributed by atoms with E-state index in [1.165, 1.54) is 12.1 Å². The maximum Gasteiger partial charge on any atom is 0.193 e. The van der Waals surface area contributed by atoms with Gasteiger partial charge in [0.1, 0.15) is 5.82 Å². The largest absolute Gasteiger partial charge is 0.298 e. The van der Waals surface area contributed by atoms with Gasteiger partial charge in [-0.2, -0.15) is 0 Å². The van der Waals surface area contributed by atoms with E-state index in [1.807, 2.05) is 0 Å². The van der Waals surface area contributed by atoms with Gasteiger partial charge in [-0.1, -0.05) is 12.0 Å². The Morgan fingerprint density at radius 1 is 1.31 bits per heavy atom. The molecule has 0 bridgehead atoms. The van der Waals surface area contributed by atoms with Crippen molar-refractivity contribution in [3.63, 3.8) is 0 Å². The molecule has 3 heteroatoms. The van der Waals surface area contributed by atoms with Crippen molar-refractivity contribution in [2.45, 2.75) is 0 Å². The molecule has 0 fully saturated rings. The van der Waals surface area contributed by atoms with E-state index < -0.39 is 5.82 Å². The van der Waals surface area contributed by atoms with Gasteiger partial charge < -0.3 is 0 Å². The summed E-state index contributed by atoms with van der Waals surface area (Å²) >= 11 is 0. The summed E-state index contributed by atoms with van der Waals surface area (Å²) in [7, 11) is 0. The van der Waals surface area contributed by atoms with E-state index in [1.54, 1.807) is 0 Å². The van der Waals surface area contributed by atoms with Gasteiger partial charge in [-0.05, 0) is 18.1 Å². The van der Waals surface area contributed by atoms with Crippen LogP contribution in [0.1, 0.15) is 15.9 Å². The zero-order valence-corrected chi connectivity index (χ0v) is 6.58. The predicted octanol–water partition coefficient (Wildman–Crippen LogP) is 1.19. The van der Waals surface area contributed by atoms with Crippen LogP contribution in [0.5, 0.6) is 0 Å². The number of carbonyl (C=O) groups excluding carboxylic acids is 2. The second-order valence-corrected chi connectivity index (χ2v) is 2.21. The van der Waals surface area contributed by atoms with Gasteiger partial charge >= 0.3 is 0 Å². The summed E-state index contributed by atoms with van der Waals surface area (Å²) in [6, 6.07) is 4.07. The van der Waals surface area contributed by atoms with Crippen LogP contribution >= 0.6 is 0 Å². The molecule has 0 unspecified atom stereocenters. The van der Waals surface area contributed by atoms with Crippen LogP contribution in [0.2, 0.25) is 0 Å². The zero-order chi connectivity index (χ0) is 9.68. The summed E-state index contributed by atoms with van der Waals surface area (Å²) in [5.74, 6) is 3.84. The molecule has 0 aromatic heterocycles. The van der Waals surface area contributed by atoms with Gasteiger partial charge in [0.2, 0.25) is 0 Å². The molecule has 0 N–H and O–H groups in total. The number of benzene rings is 1. The van der Waals surface area contributed by atoms with Crippen LogP contribution in [0, 0.1) is 17.7 Å². The molecule has 0 radical (unpaired) electrons. The maximum absolute atomic E-state index is 12.9. The molecule has 13 heavy (non-hydrogen) atoms. The number of rotatable bonds is 1. The molecule has 0 saturated carbocycles. The molecule has 0 aliphatic carbocycles. The monoisotopic (exact) mass is 176 g/mol. The first-order valence-electron chi connectivity index (χ1n) is 3.48. The molecule has 0 amide bonds. The highest BCUT2D eigenvalue weighted by Crippen LogP contribution is 2.09. The van der Waals surface area contributed by atoms with E-state index in [0.717, 1.165) is 6.07 Å². The van der Waals surface area contributed by atoms with E-state index in [2.05, 4.69) is 11.8 Å². The van der Waals surface area contributed by atoms with Crippen LogP contribution in [0.25, 0.3) is 0 Å².